The Labute approximate surface area is 168 Å². The van der Waals surface area contributed by atoms with Crippen molar-refractivity contribution in [2.75, 3.05) is 5.32 Å². The van der Waals surface area contributed by atoms with Crippen molar-refractivity contribution in [1.29, 1.82) is 0 Å². The summed E-state index contributed by atoms with van der Waals surface area (Å²) in [5.41, 5.74) is 2.32. The number of nitrogens with one attached hydrogen (secondary N) is 1. The van der Waals surface area contributed by atoms with Crippen LogP contribution in [0.25, 0.3) is 32.4 Å². The van der Waals surface area contributed by atoms with E-state index in [-0.39, 0.29) is 11.7 Å². The lowest BCUT2D eigenvalue weighted by molar-refractivity contribution is 0.0997. The van der Waals surface area contributed by atoms with Gasteiger partial charge in [0.15, 0.2) is 22.4 Å². The van der Waals surface area contributed by atoms with Gasteiger partial charge < -0.3 is 9.73 Å². The minimum Gasteiger partial charge on any atom is -0.448 e. The number of amides is 1. The summed E-state index contributed by atoms with van der Waals surface area (Å²) in [4.78, 5) is 17.2. The topological polar surface area (TPSA) is 98.7 Å². The standard InChI is InChI=1S/C20H14N6O2S/c1-26-18(23-24-25-26)12-5-4-6-13(11-12)21-19(27)15-9-10-16(28-15)20-22-14-7-2-3-8-17(14)29-20/h2-11H,1H3,(H,21,27). The number of nitrogens with zero attached hydrogens (tertiary/aromatic N) is 5. The van der Waals surface area contributed by atoms with E-state index in [1.807, 2.05) is 36.4 Å². The summed E-state index contributed by atoms with van der Waals surface area (Å²) in [7, 11) is 1.76. The highest BCUT2D eigenvalue weighted by Crippen LogP contribution is 2.31. The van der Waals surface area contributed by atoms with Crippen molar-refractivity contribution >= 4 is 33.1 Å². The number of tetrazole rings is 1. The van der Waals surface area contributed by atoms with Gasteiger partial charge in [0.1, 0.15) is 0 Å². The van der Waals surface area contributed by atoms with E-state index in [1.54, 1.807) is 36.0 Å². The number of carbonyl (C=O) groups is 1. The number of furan rings is 1. The molecule has 0 radical (unpaired) electrons. The molecule has 9 heteroatoms. The molecule has 1 N–H and O–H groups in total. The van der Waals surface area contributed by atoms with Crippen molar-refractivity contribution in [3.05, 3.63) is 66.4 Å². The third-order valence-corrected chi connectivity index (χ3v) is 5.38. The Morgan fingerprint density at radius 2 is 2.00 bits per heavy atom. The maximum Gasteiger partial charge on any atom is 0.291 e. The number of para-hydroxylation sites is 1. The highest BCUT2D eigenvalue weighted by molar-refractivity contribution is 7.21. The maximum absolute atomic E-state index is 12.6. The van der Waals surface area contributed by atoms with E-state index in [2.05, 4.69) is 25.8 Å². The molecular weight excluding hydrogens is 388 g/mol. The summed E-state index contributed by atoms with van der Waals surface area (Å²) in [5, 5.41) is 15.0. The van der Waals surface area contributed by atoms with Crippen LogP contribution in [0.4, 0.5) is 5.69 Å². The zero-order chi connectivity index (χ0) is 19.8. The molecule has 3 aromatic heterocycles. The molecule has 0 aliphatic heterocycles. The van der Waals surface area contributed by atoms with Crippen LogP contribution in [0.5, 0.6) is 0 Å². The van der Waals surface area contributed by atoms with Crippen LogP contribution >= 0.6 is 11.3 Å². The van der Waals surface area contributed by atoms with Crippen molar-refractivity contribution in [2.24, 2.45) is 7.05 Å². The van der Waals surface area contributed by atoms with Gasteiger partial charge in [-0.2, -0.15) is 0 Å². The van der Waals surface area contributed by atoms with Crippen LogP contribution in [-0.2, 0) is 7.05 Å². The third-order valence-electron chi connectivity index (χ3n) is 4.33. The van der Waals surface area contributed by atoms with Gasteiger partial charge in [0.05, 0.1) is 10.2 Å². The molecule has 0 saturated carbocycles. The molecule has 0 aliphatic rings. The number of hydrogen-bond donors (Lipinski definition) is 1. The number of hydrogen-bond acceptors (Lipinski definition) is 7. The number of carbonyl (C=O) groups excluding carboxylic acids is 1. The zero-order valence-electron chi connectivity index (χ0n) is 15.2. The van der Waals surface area contributed by atoms with Gasteiger partial charge in [-0.05, 0) is 46.8 Å². The Kier molecular flexibility index (Phi) is 4.14. The number of thiazole rings is 1. The van der Waals surface area contributed by atoms with E-state index in [4.69, 9.17) is 4.42 Å². The molecule has 0 aliphatic carbocycles. The maximum atomic E-state index is 12.6. The molecule has 1 amide bonds. The number of rotatable bonds is 4. The predicted molar refractivity (Wildman–Crippen MR) is 110 cm³/mol. The summed E-state index contributed by atoms with van der Waals surface area (Å²) >= 11 is 1.52. The average Bonchev–Trinajstić information content (AvgIpc) is 3.46. The van der Waals surface area contributed by atoms with Crippen LogP contribution in [0.1, 0.15) is 10.6 Å². The molecule has 8 nitrogen and oxygen atoms in total. The summed E-state index contributed by atoms with van der Waals surface area (Å²) < 4.78 is 8.39. The van der Waals surface area contributed by atoms with E-state index in [0.29, 0.717) is 17.3 Å². The van der Waals surface area contributed by atoms with Crippen LogP contribution in [0.3, 0.4) is 0 Å². The number of fused-ring (bicyclic) bond motifs is 1. The van der Waals surface area contributed by atoms with Gasteiger partial charge in [0.2, 0.25) is 0 Å². The molecule has 0 spiro atoms. The van der Waals surface area contributed by atoms with Crippen LogP contribution in [-0.4, -0.2) is 31.1 Å². The van der Waals surface area contributed by atoms with E-state index < -0.39 is 0 Å². The molecule has 29 heavy (non-hydrogen) atoms. The fourth-order valence-corrected chi connectivity index (χ4v) is 3.88. The number of aryl methyl sites for hydroxylation is 1. The van der Waals surface area contributed by atoms with Crippen molar-refractivity contribution in [1.82, 2.24) is 25.2 Å². The van der Waals surface area contributed by atoms with E-state index in [9.17, 15) is 4.79 Å². The summed E-state index contributed by atoms with van der Waals surface area (Å²) in [6.07, 6.45) is 0. The van der Waals surface area contributed by atoms with Gasteiger partial charge in [-0.25, -0.2) is 9.67 Å². The molecule has 0 fully saturated rings. The van der Waals surface area contributed by atoms with E-state index >= 15 is 0 Å². The largest absolute Gasteiger partial charge is 0.448 e. The van der Waals surface area contributed by atoms with E-state index in [1.165, 1.54) is 11.3 Å². The Balaban J connectivity index is 1.37. The monoisotopic (exact) mass is 402 g/mol. The lowest BCUT2D eigenvalue weighted by atomic mass is 10.2. The summed E-state index contributed by atoms with van der Waals surface area (Å²) in [5.74, 6) is 1.04. The number of anilines is 1. The van der Waals surface area contributed by atoms with Crippen molar-refractivity contribution in [3.63, 3.8) is 0 Å². The molecular formula is C20H14N6O2S. The predicted octanol–water partition coefficient (Wildman–Crippen LogP) is 4.00. The normalized spacial score (nSPS) is 11.1. The third kappa shape index (κ3) is 3.27. The lowest BCUT2D eigenvalue weighted by Gasteiger charge is -2.05. The molecule has 0 saturated heterocycles. The molecule has 3 heterocycles. The Morgan fingerprint density at radius 3 is 2.83 bits per heavy atom. The van der Waals surface area contributed by atoms with Crippen LogP contribution in [0, 0.1) is 0 Å². The van der Waals surface area contributed by atoms with Gasteiger partial charge in [0, 0.05) is 18.3 Å². The molecule has 142 valence electrons. The minimum atomic E-state index is -0.342. The molecule has 0 atom stereocenters. The van der Waals surface area contributed by atoms with Gasteiger partial charge in [-0.1, -0.05) is 24.3 Å². The van der Waals surface area contributed by atoms with Gasteiger partial charge in [-0.3, -0.25) is 4.79 Å². The van der Waals surface area contributed by atoms with Crippen LogP contribution < -0.4 is 5.32 Å². The van der Waals surface area contributed by atoms with Crippen molar-refractivity contribution in [3.8, 4) is 22.2 Å². The molecule has 5 rings (SSSR count). The fraction of sp³-hybridized carbons (Fsp3) is 0.0500. The Bertz CT molecular complexity index is 1300. The Morgan fingerprint density at radius 1 is 1.10 bits per heavy atom. The zero-order valence-corrected chi connectivity index (χ0v) is 16.1. The first-order chi connectivity index (χ1) is 14.2. The summed E-state index contributed by atoms with van der Waals surface area (Å²) in [6, 6.07) is 18.6. The van der Waals surface area contributed by atoms with Crippen molar-refractivity contribution < 1.29 is 9.21 Å². The second-order valence-corrected chi connectivity index (χ2v) is 7.34. The lowest BCUT2D eigenvalue weighted by Crippen LogP contribution is -2.10. The highest BCUT2D eigenvalue weighted by atomic mass is 32.1. The summed E-state index contributed by atoms with van der Waals surface area (Å²) in [6.45, 7) is 0. The van der Waals surface area contributed by atoms with Crippen LogP contribution in [0.2, 0.25) is 0 Å². The minimum absolute atomic E-state index is 0.213. The average molecular weight is 402 g/mol. The Hall–Kier alpha value is -3.85. The smallest absolute Gasteiger partial charge is 0.291 e. The number of aromatic nitrogens is 5. The van der Waals surface area contributed by atoms with Gasteiger partial charge in [-0.15, -0.1) is 16.4 Å². The molecule has 5 aromatic rings. The molecule has 0 unspecified atom stereocenters. The highest BCUT2D eigenvalue weighted by Gasteiger charge is 2.16. The SMILES string of the molecule is Cn1nnnc1-c1cccc(NC(=O)c2ccc(-c3nc4ccccc4s3)o2)c1. The first kappa shape index (κ1) is 17.3. The second kappa shape index (κ2) is 6.95. The van der Waals surface area contributed by atoms with E-state index in [0.717, 1.165) is 20.8 Å². The number of benzene rings is 2. The van der Waals surface area contributed by atoms with Crippen LogP contribution in [0.15, 0.2) is 65.1 Å². The molecule has 0 bridgehead atoms. The van der Waals surface area contributed by atoms with Crippen molar-refractivity contribution in [2.45, 2.75) is 0 Å². The van der Waals surface area contributed by atoms with Gasteiger partial charge >= 0.3 is 0 Å². The fourth-order valence-electron chi connectivity index (χ4n) is 2.96. The van der Waals surface area contributed by atoms with Gasteiger partial charge in [0.25, 0.3) is 5.91 Å². The molecule has 2 aromatic carbocycles. The first-order valence-corrected chi connectivity index (χ1v) is 9.59. The quantitative estimate of drug-likeness (QED) is 0.488. The second-order valence-electron chi connectivity index (χ2n) is 6.31. The first-order valence-electron chi connectivity index (χ1n) is 8.77.